The lowest BCUT2D eigenvalue weighted by molar-refractivity contribution is -0.156. The normalized spacial score (nSPS) is 16.9. The number of hydrogen-bond acceptors (Lipinski definition) is 10. The SMILES string of the molecule is CCN(N)c1ccc(C(c2cc(CN3CC(C)(C)Oc4ncccc4[S+]3[O-])c(C)s2)C(C)(C)C(=O)OCc2ccccc2)c(C)c1N. The summed E-state index contributed by atoms with van der Waals surface area (Å²) >= 11 is 0.153. The number of rotatable bonds is 10. The Morgan fingerprint density at radius 1 is 1.19 bits per heavy atom. The van der Waals surface area contributed by atoms with Crippen LogP contribution in [0.1, 0.15) is 72.5 Å². The van der Waals surface area contributed by atoms with Crippen LogP contribution in [0.5, 0.6) is 5.88 Å². The smallest absolute Gasteiger partial charge is 0.312 e. The van der Waals surface area contributed by atoms with Crippen molar-refractivity contribution >= 4 is 40.0 Å². The lowest BCUT2D eigenvalue weighted by atomic mass is 9.72. The number of hydrazine groups is 1. The van der Waals surface area contributed by atoms with Crippen molar-refractivity contribution in [3.63, 3.8) is 0 Å². The molecule has 2 aromatic carbocycles. The number of aryl methyl sites for hydroxylation is 1. The maximum absolute atomic E-state index is 14.0. The van der Waals surface area contributed by atoms with Gasteiger partial charge in [0.15, 0.2) is 0 Å². The molecular weight excluding hydrogens is 631 g/mol. The Labute approximate surface area is 285 Å². The third kappa shape index (κ3) is 7.29. The molecule has 4 aromatic rings. The summed E-state index contributed by atoms with van der Waals surface area (Å²) in [6, 6.07) is 19.3. The van der Waals surface area contributed by atoms with Gasteiger partial charge in [-0.1, -0.05) is 36.4 Å². The standard InChI is InChI=1S/C36H45N5O4S2/c1-8-41(38)28-17-16-27(23(2)32(28)37)31(36(6,7)34(42)44-21-25-13-10-9-11-14-25)29-19-26(24(3)46-29)20-40-22-35(4,5)45-33-30(47(40)43)15-12-18-39-33/h9-19,31H,8,20-22,37-38H2,1-7H3. The number of thiophene rings is 1. The van der Waals surface area contributed by atoms with E-state index in [-0.39, 0.29) is 18.5 Å². The molecule has 1 aliphatic rings. The van der Waals surface area contributed by atoms with Gasteiger partial charge in [0.1, 0.15) is 12.2 Å². The van der Waals surface area contributed by atoms with E-state index in [1.807, 2.05) is 88.3 Å². The Morgan fingerprint density at radius 2 is 1.91 bits per heavy atom. The van der Waals surface area contributed by atoms with E-state index in [0.29, 0.717) is 36.1 Å². The molecule has 0 radical (unpaired) electrons. The second-order valence-electron chi connectivity index (χ2n) is 13.2. The highest BCUT2D eigenvalue weighted by Gasteiger charge is 2.43. The highest BCUT2D eigenvalue weighted by Crippen LogP contribution is 2.48. The monoisotopic (exact) mass is 675 g/mol. The topological polar surface area (TPSA) is 130 Å². The van der Waals surface area contributed by atoms with Crippen molar-refractivity contribution in [3.05, 3.63) is 98.9 Å². The third-order valence-corrected chi connectivity index (χ3v) is 11.3. The molecule has 0 saturated carbocycles. The summed E-state index contributed by atoms with van der Waals surface area (Å²) in [4.78, 5) is 21.0. The number of nitrogens with two attached hydrogens (primary N) is 2. The largest absolute Gasteiger partial charge is 0.593 e. The number of hydrogen-bond donors (Lipinski definition) is 2. The third-order valence-electron chi connectivity index (χ3n) is 8.72. The van der Waals surface area contributed by atoms with Gasteiger partial charge in [-0.2, -0.15) is 0 Å². The van der Waals surface area contributed by atoms with E-state index in [1.165, 1.54) is 0 Å². The first kappa shape index (κ1) is 34.7. The molecule has 11 heteroatoms. The van der Waals surface area contributed by atoms with Crippen LogP contribution in [0.25, 0.3) is 0 Å². The van der Waals surface area contributed by atoms with E-state index in [0.717, 1.165) is 37.7 Å². The number of anilines is 2. The van der Waals surface area contributed by atoms with Crippen LogP contribution >= 0.6 is 11.3 Å². The van der Waals surface area contributed by atoms with Crippen molar-refractivity contribution in [2.24, 2.45) is 11.3 Å². The van der Waals surface area contributed by atoms with Gasteiger partial charge in [-0.3, -0.25) is 4.79 Å². The van der Waals surface area contributed by atoms with Crippen molar-refractivity contribution in [3.8, 4) is 5.88 Å². The van der Waals surface area contributed by atoms with E-state index in [4.69, 9.17) is 21.1 Å². The Bertz CT molecular complexity index is 1730. The Hall–Kier alpha value is -3.61. The van der Waals surface area contributed by atoms with Crippen LogP contribution in [0.3, 0.4) is 0 Å². The number of ether oxygens (including phenoxy) is 2. The number of benzene rings is 2. The fraction of sp³-hybridized carbons (Fsp3) is 0.389. The maximum atomic E-state index is 14.0. The number of carbonyl (C=O) groups excluding carboxylic acids is 1. The van der Waals surface area contributed by atoms with Gasteiger partial charge in [-0.25, -0.2) is 10.8 Å². The van der Waals surface area contributed by atoms with Gasteiger partial charge in [-0.15, -0.1) is 15.6 Å². The average Bonchev–Trinajstić information content (AvgIpc) is 3.35. The molecule has 0 amide bonds. The molecule has 0 bridgehead atoms. The summed E-state index contributed by atoms with van der Waals surface area (Å²) in [5, 5.41) is 1.62. The highest BCUT2D eigenvalue weighted by atomic mass is 32.2. The van der Waals surface area contributed by atoms with E-state index >= 15 is 0 Å². The Morgan fingerprint density at radius 3 is 2.62 bits per heavy atom. The highest BCUT2D eigenvalue weighted by molar-refractivity contribution is 7.89. The number of nitrogen functional groups attached to an aromatic ring is 1. The molecule has 4 N–H and O–H groups in total. The van der Waals surface area contributed by atoms with E-state index in [2.05, 4.69) is 18.0 Å². The van der Waals surface area contributed by atoms with Crippen molar-refractivity contribution in [2.45, 2.75) is 78.0 Å². The number of carbonyl (C=O) groups is 1. The van der Waals surface area contributed by atoms with Gasteiger partial charge in [0.2, 0.25) is 4.90 Å². The fourth-order valence-corrected chi connectivity index (χ4v) is 8.79. The van der Waals surface area contributed by atoms with Gasteiger partial charge in [0.05, 0.1) is 41.2 Å². The zero-order valence-corrected chi connectivity index (χ0v) is 29.8. The summed E-state index contributed by atoms with van der Waals surface area (Å²) in [6.45, 7) is 15.5. The van der Waals surface area contributed by atoms with Gasteiger partial charge in [0, 0.05) is 34.5 Å². The number of aromatic nitrogens is 1. The van der Waals surface area contributed by atoms with Gasteiger partial charge < -0.3 is 24.8 Å². The molecular formula is C36H45N5O4S2. The lowest BCUT2D eigenvalue weighted by Gasteiger charge is -2.34. The van der Waals surface area contributed by atoms with Crippen LogP contribution in [0, 0.1) is 19.3 Å². The van der Waals surface area contributed by atoms with Crippen LogP contribution in [0.2, 0.25) is 0 Å². The number of nitrogens with zero attached hydrogens (tertiary/aromatic N) is 3. The zero-order chi connectivity index (χ0) is 34.1. The molecule has 5 rings (SSSR count). The minimum atomic E-state index is -1.48. The Kier molecular flexibility index (Phi) is 10.2. The predicted octanol–water partition coefficient (Wildman–Crippen LogP) is 6.64. The lowest BCUT2D eigenvalue weighted by Crippen LogP contribution is -2.42. The summed E-state index contributed by atoms with van der Waals surface area (Å²) in [5.74, 6) is 5.95. The van der Waals surface area contributed by atoms with Crippen LogP contribution in [-0.4, -0.2) is 38.5 Å². The van der Waals surface area contributed by atoms with Crippen molar-refractivity contribution in [1.82, 2.24) is 9.29 Å². The molecule has 47 heavy (non-hydrogen) atoms. The Balaban J connectivity index is 1.54. The molecule has 2 atom stereocenters. The molecule has 2 unspecified atom stereocenters. The molecule has 1 aliphatic heterocycles. The number of fused-ring (bicyclic) bond motifs is 1. The number of esters is 1. The van der Waals surface area contributed by atoms with Crippen LogP contribution in [-0.2, 0) is 34.0 Å². The van der Waals surface area contributed by atoms with Crippen LogP contribution < -0.4 is 21.3 Å². The minimum Gasteiger partial charge on any atom is -0.593 e. The molecule has 2 aromatic heterocycles. The average molecular weight is 676 g/mol. The zero-order valence-electron chi connectivity index (χ0n) is 28.2. The first-order valence-electron chi connectivity index (χ1n) is 15.8. The van der Waals surface area contributed by atoms with E-state index in [1.54, 1.807) is 34.7 Å². The molecule has 0 saturated heterocycles. The summed E-state index contributed by atoms with van der Waals surface area (Å²) in [7, 11) is 0. The quantitative estimate of drug-likeness (QED) is 0.0625. The van der Waals surface area contributed by atoms with E-state index < -0.39 is 22.4 Å². The second-order valence-corrected chi connectivity index (χ2v) is 15.9. The minimum absolute atomic E-state index is 0.179. The van der Waals surface area contributed by atoms with Gasteiger partial charge >= 0.3 is 5.97 Å². The first-order valence-corrected chi connectivity index (χ1v) is 17.7. The molecule has 9 nitrogen and oxygen atoms in total. The van der Waals surface area contributed by atoms with Crippen molar-refractivity contribution in [1.29, 1.82) is 0 Å². The molecule has 3 heterocycles. The van der Waals surface area contributed by atoms with Gasteiger partial charge in [-0.05, 0) is 88.9 Å². The summed E-state index contributed by atoms with van der Waals surface area (Å²) in [6.07, 6.45) is 1.65. The van der Waals surface area contributed by atoms with E-state index in [9.17, 15) is 9.35 Å². The number of pyridine rings is 1. The molecule has 0 fully saturated rings. The predicted molar refractivity (Wildman–Crippen MR) is 189 cm³/mol. The first-order chi connectivity index (χ1) is 22.2. The second kappa shape index (κ2) is 13.9. The molecule has 0 spiro atoms. The molecule has 250 valence electrons. The van der Waals surface area contributed by atoms with Crippen LogP contribution in [0.4, 0.5) is 11.4 Å². The van der Waals surface area contributed by atoms with Crippen LogP contribution in [0.15, 0.2) is 71.8 Å². The summed E-state index contributed by atoms with van der Waals surface area (Å²) in [5.41, 5.74) is 10.2. The maximum Gasteiger partial charge on any atom is 0.312 e. The van der Waals surface area contributed by atoms with Gasteiger partial charge in [0.25, 0.3) is 5.88 Å². The summed E-state index contributed by atoms with van der Waals surface area (Å²) < 4.78 is 27.9. The fourth-order valence-electron chi connectivity index (χ4n) is 6.04. The van der Waals surface area contributed by atoms with Crippen molar-refractivity contribution in [2.75, 3.05) is 23.8 Å². The van der Waals surface area contributed by atoms with Crippen molar-refractivity contribution < 1.29 is 18.8 Å². The molecule has 0 aliphatic carbocycles.